The van der Waals surface area contributed by atoms with Gasteiger partial charge in [0, 0.05) is 17.3 Å². The van der Waals surface area contributed by atoms with Crippen LogP contribution in [0.1, 0.15) is 33.1 Å². The maximum Gasteiger partial charge on any atom is 0.309 e. The molecule has 3 aliphatic rings. The van der Waals surface area contributed by atoms with E-state index >= 15 is 0 Å². The highest BCUT2D eigenvalue weighted by Gasteiger charge is 2.60. The van der Waals surface area contributed by atoms with Crippen molar-refractivity contribution in [1.29, 1.82) is 0 Å². The Kier molecular flexibility index (Phi) is 2.81. The molecule has 0 radical (unpaired) electrons. The second kappa shape index (κ2) is 4.06. The molecule has 0 aromatic carbocycles. The van der Waals surface area contributed by atoms with Crippen molar-refractivity contribution in [2.24, 2.45) is 23.2 Å². The summed E-state index contributed by atoms with van der Waals surface area (Å²) in [6, 6.07) is 0. The van der Waals surface area contributed by atoms with Crippen molar-refractivity contribution < 1.29 is 19.7 Å². The summed E-state index contributed by atoms with van der Waals surface area (Å²) in [5.41, 5.74) is 0.483. The Morgan fingerprint density at radius 1 is 1.42 bits per heavy atom. The summed E-state index contributed by atoms with van der Waals surface area (Å²) < 4.78 is 5.57. The molecular weight excluding hydrogens is 244 g/mol. The van der Waals surface area contributed by atoms with Crippen molar-refractivity contribution in [3.05, 3.63) is 12.2 Å². The number of aliphatic hydroxyl groups excluding tert-OH is 2. The van der Waals surface area contributed by atoms with Gasteiger partial charge in [0.05, 0.1) is 18.1 Å². The lowest BCUT2D eigenvalue weighted by molar-refractivity contribution is -0.162. The van der Waals surface area contributed by atoms with Crippen LogP contribution in [0.3, 0.4) is 0 Å². The fraction of sp³-hybridized carbons (Fsp3) is 0.800. The minimum atomic E-state index is -0.765. The van der Waals surface area contributed by atoms with E-state index in [1.807, 2.05) is 13.8 Å². The van der Waals surface area contributed by atoms with E-state index in [1.54, 1.807) is 0 Å². The summed E-state index contributed by atoms with van der Waals surface area (Å²) in [4.78, 5) is 11.8. The second-order valence-electron chi connectivity index (χ2n) is 6.75. The van der Waals surface area contributed by atoms with E-state index in [4.69, 9.17) is 4.74 Å². The number of carbonyl (C=O) groups excluding carboxylic acids is 1. The molecule has 1 aliphatic heterocycles. The number of esters is 1. The van der Waals surface area contributed by atoms with Crippen LogP contribution in [0.5, 0.6) is 0 Å². The van der Waals surface area contributed by atoms with E-state index in [1.165, 1.54) is 0 Å². The summed E-state index contributed by atoms with van der Waals surface area (Å²) in [7, 11) is 0. The van der Waals surface area contributed by atoms with Crippen LogP contribution in [0.2, 0.25) is 0 Å². The van der Waals surface area contributed by atoms with Crippen LogP contribution >= 0.6 is 0 Å². The molecule has 0 aromatic rings. The van der Waals surface area contributed by atoms with Gasteiger partial charge in [0.1, 0.15) is 6.10 Å². The Morgan fingerprint density at radius 3 is 2.79 bits per heavy atom. The normalized spacial score (nSPS) is 53.5. The van der Waals surface area contributed by atoms with Crippen molar-refractivity contribution in [3.63, 3.8) is 0 Å². The van der Waals surface area contributed by atoms with Gasteiger partial charge < -0.3 is 14.9 Å². The second-order valence-corrected chi connectivity index (χ2v) is 6.75. The van der Waals surface area contributed by atoms with Gasteiger partial charge in [0.2, 0.25) is 0 Å². The third-order valence-electron chi connectivity index (χ3n) is 5.69. The molecule has 0 spiro atoms. The number of hydrogen-bond acceptors (Lipinski definition) is 4. The zero-order valence-electron chi connectivity index (χ0n) is 11.5. The molecule has 2 N–H and O–H groups in total. The average molecular weight is 266 g/mol. The van der Waals surface area contributed by atoms with Crippen LogP contribution in [0.4, 0.5) is 0 Å². The summed E-state index contributed by atoms with van der Waals surface area (Å²) in [6.07, 6.45) is 0.379. The third-order valence-corrected chi connectivity index (χ3v) is 5.69. The van der Waals surface area contributed by atoms with Gasteiger partial charge in [-0.15, -0.1) is 0 Å². The first-order valence-electron chi connectivity index (χ1n) is 7.10. The zero-order chi connectivity index (χ0) is 13.9. The first-order valence-corrected chi connectivity index (χ1v) is 7.10. The van der Waals surface area contributed by atoms with Gasteiger partial charge in [0.25, 0.3) is 0 Å². The predicted molar refractivity (Wildman–Crippen MR) is 69.1 cm³/mol. The highest BCUT2D eigenvalue weighted by molar-refractivity contribution is 5.75. The fourth-order valence-corrected chi connectivity index (χ4v) is 4.50. The number of rotatable bonds is 0. The molecule has 0 aromatic heterocycles. The Bertz CT molecular complexity index is 432. The van der Waals surface area contributed by atoms with Crippen molar-refractivity contribution in [1.82, 2.24) is 0 Å². The lowest BCUT2D eigenvalue weighted by Gasteiger charge is -2.54. The Hall–Kier alpha value is -0.870. The summed E-state index contributed by atoms with van der Waals surface area (Å²) >= 11 is 0. The Labute approximate surface area is 113 Å². The molecule has 106 valence electrons. The average Bonchev–Trinajstić information content (AvgIpc) is 2.62. The van der Waals surface area contributed by atoms with Crippen molar-refractivity contribution in [2.45, 2.75) is 51.4 Å². The molecule has 0 bridgehead atoms. The molecule has 2 saturated carbocycles. The quantitative estimate of drug-likeness (QED) is 0.512. The van der Waals surface area contributed by atoms with Gasteiger partial charge in [-0.3, -0.25) is 4.79 Å². The fourth-order valence-electron chi connectivity index (χ4n) is 4.50. The third kappa shape index (κ3) is 1.62. The van der Waals surface area contributed by atoms with Gasteiger partial charge in [-0.05, 0) is 19.3 Å². The Balaban J connectivity index is 1.98. The van der Waals surface area contributed by atoms with E-state index in [0.29, 0.717) is 6.42 Å². The summed E-state index contributed by atoms with van der Waals surface area (Å²) in [6.45, 7) is 7.99. The first-order chi connectivity index (χ1) is 8.86. The van der Waals surface area contributed by atoms with Crippen LogP contribution in [-0.4, -0.2) is 34.5 Å². The molecule has 1 heterocycles. The van der Waals surface area contributed by atoms with E-state index < -0.39 is 17.6 Å². The molecule has 7 unspecified atom stereocenters. The Morgan fingerprint density at radius 2 is 2.11 bits per heavy atom. The topological polar surface area (TPSA) is 66.8 Å². The molecule has 2 aliphatic carbocycles. The summed E-state index contributed by atoms with van der Waals surface area (Å²) in [5, 5.41) is 20.3. The molecular formula is C15H22O4. The monoisotopic (exact) mass is 266 g/mol. The standard InChI is InChI=1S/C15H22O4/c1-7-6-10(16)13(17)15(3)5-4-9-8(2)14(18)19-12(9)11(7)15/h8-13,16-17H,1,4-6H2,2-3H3. The van der Waals surface area contributed by atoms with Crippen molar-refractivity contribution >= 4 is 5.97 Å². The van der Waals surface area contributed by atoms with Gasteiger partial charge >= 0.3 is 5.97 Å². The van der Waals surface area contributed by atoms with Crippen molar-refractivity contribution in [2.75, 3.05) is 0 Å². The lowest BCUT2D eigenvalue weighted by Crippen LogP contribution is -2.58. The van der Waals surface area contributed by atoms with Gasteiger partial charge in [0.15, 0.2) is 0 Å². The number of carbonyl (C=O) groups is 1. The lowest BCUT2D eigenvalue weighted by atomic mass is 9.53. The number of hydrogen-bond donors (Lipinski definition) is 2. The molecule has 19 heavy (non-hydrogen) atoms. The SMILES string of the molecule is C=C1CC(O)C(O)C2(C)CCC3C(C)C(=O)OC3C12. The number of aliphatic hydroxyl groups is 2. The largest absolute Gasteiger partial charge is 0.461 e. The minimum absolute atomic E-state index is 0.0291. The summed E-state index contributed by atoms with van der Waals surface area (Å²) in [5.74, 6) is 0.00215. The maximum absolute atomic E-state index is 11.8. The van der Waals surface area contributed by atoms with E-state index in [9.17, 15) is 15.0 Å². The molecule has 4 nitrogen and oxygen atoms in total. The zero-order valence-corrected chi connectivity index (χ0v) is 11.5. The van der Waals surface area contributed by atoms with Gasteiger partial charge in [-0.2, -0.15) is 0 Å². The van der Waals surface area contributed by atoms with E-state index in [0.717, 1.165) is 18.4 Å². The highest BCUT2D eigenvalue weighted by Crippen LogP contribution is 2.57. The molecule has 4 heteroatoms. The van der Waals surface area contributed by atoms with Crippen LogP contribution in [0.15, 0.2) is 12.2 Å². The molecule has 3 fully saturated rings. The van der Waals surface area contributed by atoms with E-state index in [2.05, 4.69) is 6.58 Å². The van der Waals surface area contributed by atoms with Crippen LogP contribution in [0, 0.1) is 23.2 Å². The minimum Gasteiger partial charge on any atom is -0.461 e. The number of fused-ring (bicyclic) bond motifs is 3. The molecule has 3 rings (SSSR count). The van der Waals surface area contributed by atoms with Gasteiger partial charge in [-0.1, -0.05) is 26.0 Å². The predicted octanol–water partition coefficient (Wildman–Crippen LogP) is 1.26. The van der Waals surface area contributed by atoms with E-state index in [-0.39, 0.29) is 29.8 Å². The van der Waals surface area contributed by atoms with Crippen molar-refractivity contribution in [3.8, 4) is 0 Å². The number of ether oxygens (including phenoxy) is 1. The molecule has 1 saturated heterocycles. The van der Waals surface area contributed by atoms with Gasteiger partial charge in [-0.25, -0.2) is 0 Å². The highest BCUT2D eigenvalue weighted by atomic mass is 16.6. The first kappa shape index (κ1) is 13.1. The van der Waals surface area contributed by atoms with Crippen LogP contribution < -0.4 is 0 Å². The smallest absolute Gasteiger partial charge is 0.309 e. The van der Waals surface area contributed by atoms with Crippen LogP contribution in [0.25, 0.3) is 0 Å². The molecule has 7 atom stereocenters. The van der Waals surface area contributed by atoms with Crippen LogP contribution in [-0.2, 0) is 9.53 Å². The molecule has 0 amide bonds. The maximum atomic E-state index is 11.8.